The molecule has 0 saturated heterocycles. The van der Waals surface area contributed by atoms with Crippen LogP contribution in [0.1, 0.15) is 29.8 Å². The van der Waals surface area contributed by atoms with Gasteiger partial charge in [-0.05, 0) is 57.2 Å². The van der Waals surface area contributed by atoms with Crippen LogP contribution in [0, 0.1) is 6.92 Å². The summed E-state index contributed by atoms with van der Waals surface area (Å²) in [6.07, 6.45) is 0. The maximum atomic E-state index is 12.3. The molecule has 0 fully saturated rings. The Morgan fingerprint density at radius 2 is 1.56 bits per heavy atom. The largest absolute Gasteiger partial charge is 0.339 e. The van der Waals surface area contributed by atoms with Crippen molar-refractivity contribution in [2.24, 2.45) is 0 Å². The van der Waals surface area contributed by atoms with Gasteiger partial charge in [0.05, 0.1) is 5.75 Å². The molecule has 4 nitrogen and oxygen atoms in total. The molecule has 0 atom stereocenters. The van der Waals surface area contributed by atoms with Crippen LogP contribution < -0.4 is 5.32 Å². The van der Waals surface area contributed by atoms with Crippen LogP contribution in [0.3, 0.4) is 0 Å². The molecule has 0 saturated carbocycles. The van der Waals surface area contributed by atoms with Crippen molar-refractivity contribution in [2.75, 3.05) is 24.2 Å². The topological polar surface area (TPSA) is 49.4 Å². The molecule has 2 aromatic carbocycles. The molecule has 1 N–H and O–H groups in total. The average molecular weight is 356 g/mol. The maximum Gasteiger partial charge on any atom is 0.253 e. The second-order valence-corrected chi connectivity index (χ2v) is 6.75. The lowest BCUT2D eigenvalue weighted by molar-refractivity contribution is -0.113. The van der Waals surface area contributed by atoms with E-state index < -0.39 is 0 Å². The number of amides is 2. The molecule has 132 valence electrons. The first-order valence-corrected chi connectivity index (χ1v) is 9.40. The molecule has 0 aliphatic heterocycles. The number of hydrogen-bond acceptors (Lipinski definition) is 3. The third-order valence-electron chi connectivity index (χ3n) is 3.86. The molecular weight excluding hydrogens is 332 g/mol. The third kappa shape index (κ3) is 5.64. The van der Waals surface area contributed by atoms with Gasteiger partial charge in [-0.1, -0.05) is 17.7 Å². The Bertz CT molecular complexity index is 707. The van der Waals surface area contributed by atoms with Crippen LogP contribution in [0.2, 0.25) is 0 Å². The fraction of sp³-hybridized carbons (Fsp3) is 0.300. The standard InChI is InChI=1S/C20H24N2O2S/c1-4-22(5-2)20(24)16-8-10-17(11-9-16)21-19(23)14-25-18-12-6-15(3)7-13-18/h6-13H,4-5,14H2,1-3H3,(H,21,23). The second kappa shape index (κ2) is 9.28. The molecule has 0 heterocycles. The van der Waals surface area contributed by atoms with Crippen molar-refractivity contribution in [3.8, 4) is 0 Å². The van der Waals surface area contributed by atoms with Crippen molar-refractivity contribution in [2.45, 2.75) is 25.7 Å². The summed E-state index contributed by atoms with van der Waals surface area (Å²) in [5.41, 5.74) is 2.54. The first kappa shape index (κ1) is 19.1. The first-order valence-electron chi connectivity index (χ1n) is 8.42. The quantitative estimate of drug-likeness (QED) is 0.756. The van der Waals surface area contributed by atoms with Crippen LogP contribution in [0.5, 0.6) is 0 Å². The lowest BCUT2D eigenvalue weighted by Gasteiger charge is -2.18. The van der Waals surface area contributed by atoms with Gasteiger partial charge in [0, 0.05) is 29.2 Å². The van der Waals surface area contributed by atoms with E-state index in [1.54, 1.807) is 29.2 Å². The molecule has 0 radical (unpaired) electrons. The van der Waals surface area contributed by atoms with Gasteiger partial charge in [-0.2, -0.15) is 0 Å². The lowest BCUT2D eigenvalue weighted by atomic mass is 10.2. The Balaban J connectivity index is 1.88. The number of carbonyl (C=O) groups excluding carboxylic acids is 2. The lowest BCUT2D eigenvalue weighted by Crippen LogP contribution is -2.30. The Morgan fingerprint density at radius 3 is 2.12 bits per heavy atom. The van der Waals surface area contributed by atoms with Crippen molar-refractivity contribution in [3.63, 3.8) is 0 Å². The van der Waals surface area contributed by atoms with E-state index in [1.165, 1.54) is 17.3 Å². The van der Waals surface area contributed by atoms with Crippen LogP contribution in [0.15, 0.2) is 53.4 Å². The molecule has 25 heavy (non-hydrogen) atoms. The first-order chi connectivity index (χ1) is 12.0. The van der Waals surface area contributed by atoms with Gasteiger partial charge in [-0.25, -0.2) is 0 Å². The molecule has 0 aromatic heterocycles. The minimum absolute atomic E-state index is 0.0119. The van der Waals surface area contributed by atoms with Crippen molar-refractivity contribution in [1.82, 2.24) is 4.90 Å². The van der Waals surface area contributed by atoms with Gasteiger partial charge in [0.1, 0.15) is 0 Å². The number of anilines is 1. The Kier molecular flexibility index (Phi) is 7.07. The maximum absolute atomic E-state index is 12.3. The number of hydrogen-bond donors (Lipinski definition) is 1. The fourth-order valence-corrected chi connectivity index (χ4v) is 3.07. The minimum atomic E-state index is -0.0617. The van der Waals surface area contributed by atoms with E-state index in [0.717, 1.165) is 4.90 Å². The summed E-state index contributed by atoms with van der Waals surface area (Å²) >= 11 is 1.50. The summed E-state index contributed by atoms with van der Waals surface area (Å²) in [5.74, 6) is 0.301. The summed E-state index contributed by atoms with van der Waals surface area (Å²) in [6, 6.07) is 15.1. The van der Waals surface area contributed by atoms with E-state index in [2.05, 4.69) is 5.32 Å². The van der Waals surface area contributed by atoms with Crippen molar-refractivity contribution >= 4 is 29.3 Å². The van der Waals surface area contributed by atoms with Crippen LogP contribution in [0.4, 0.5) is 5.69 Å². The normalized spacial score (nSPS) is 10.4. The van der Waals surface area contributed by atoms with Crippen LogP contribution in [-0.2, 0) is 4.79 Å². The fourth-order valence-electron chi connectivity index (χ4n) is 2.37. The van der Waals surface area contributed by atoms with Crippen LogP contribution in [0.25, 0.3) is 0 Å². The Labute approximate surface area is 153 Å². The smallest absolute Gasteiger partial charge is 0.253 e. The molecule has 0 aliphatic carbocycles. The molecule has 0 unspecified atom stereocenters. The second-order valence-electron chi connectivity index (χ2n) is 5.70. The van der Waals surface area contributed by atoms with E-state index in [4.69, 9.17) is 0 Å². The number of benzene rings is 2. The molecule has 5 heteroatoms. The highest BCUT2D eigenvalue weighted by Gasteiger charge is 2.12. The SMILES string of the molecule is CCN(CC)C(=O)c1ccc(NC(=O)CSc2ccc(C)cc2)cc1. The molecule has 2 aromatic rings. The van der Waals surface area contributed by atoms with Crippen molar-refractivity contribution < 1.29 is 9.59 Å². The summed E-state index contributed by atoms with van der Waals surface area (Å²) in [5, 5.41) is 2.86. The number of aryl methyl sites for hydroxylation is 1. The zero-order valence-corrected chi connectivity index (χ0v) is 15.7. The summed E-state index contributed by atoms with van der Waals surface area (Å²) in [7, 11) is 0. The molecule has 2 amide bonds. The Hall–Kier alpha value is -2.27. The summed E-state index contributed by atoms with van der Waals surface area (Å²) in [4.78, 5) is 27.2. The molecule has 0 aliphatic rings. The van der Waals surface area contributed by atoms with E-state index >= 15 is 0 Å². The van der Waals surface area contributed by atoms with Crippen LogP contribution in [-0.4, -0.2) is 35.6 Å². The van der Waals surface area contributed by atoms with Crippen molar-refractivity contribution in [1.29, 1.82) is 0 Å². The number of carbonyl (C=O) groups is 2. The summed E-state index contributed by atoms with van der Waals surface area (Å²) in [6.45, 7) is 7.33. The number of nitrogens with one attached hydrogen (secondary N) is 1. The molecular formula is C20H24N2O2S. The van der Waals surface area contributed by atoms with Gasteiger partial charge >= 0.3 is 0 Å². The highest BCUT2D eigenvalue weighted by molar-refractivity contribution is 8.00. The van der Waals surface area contributed by atoms with E-state index in [1.807, 2.05) is 45.0 Å². The predicted molar refractivity (Wildman–Crippen MR) is 104 cm³/mol. The van der Waals surface area contributed by atoms with Gasteiger partial charge in [0.25, 0.3) is 5.91 Å². The van der Waals surface area contributed by atoms with E-state index in [-0.39, 0.29) is 11.8 Å². The van der Waals surface area contributed by atoms with Gasteiger partial charge < -0.3 is 10.2 Å². The zero-order valence-electron chi connectivity index (χ0n) is 14.9. The molecule has 0 bridgehead atoms. The molecule has 2 rings (SSSR count). The average Bonchev–Trinajstić information content (AvgIpc) is 2.63. The van der Waals surface area contributed by atoms with Crippen molar-refractivity contribution in [3.05, 3.63) is 59.7 Å². The summed E-state index contributed by atoms with van der Waals surface area (Å²) < 4.78 is 0. The Morgan fingerprint density at radius 1 is 0.960 bits per heavy atom. The van der Waals surface area contributed by atoms with E-state index in [9.17, 15) is 9.59 Å². The predicted octanol–water partition coefficient (Wildman–Crippen LogP) is 4.21. The van der Waals surface area contributed by atoms with Gasteiger partial charge in [-0.3, -0.25) is 9.59 Å². The number of thioether (sulfide) groups is 1. The highest BCUT2D eigenvalue weighted by atomic mass is 32.2. The monoisotopic (exact) mass is 356 g/mol. The minimum Gasteiger partial charge on any atom is -0.339 e. The van der Waals surface area contributed by atoms with Gasteiger partial charge in [-0.15, -0.1) is 11.8 Å². The number of rotatable bonds is 7. The van der Waals surface area contributed by atoms with Gasteiger partial charge in [0.15, 0.2) is 0 Å². The molecule has 0 spiro atoms. The van der Waals surface area contributed by atoms with E-state index in [0.29, 0.717) is 30.1 Å². The third-order valence-corrected chi connectivity index (χ3v) is 4.87. The highest BCUT2D eigenvalue weighted by Crippen LogP contribution is 2.19. The van der Waals surface area contributed by atoms with Gasteiger partial charge in [0.2, 0.25) is 5.91 Å². The van der Waals surface area contributed by atoms with Crippen LogP contribution >= 0.6 is 11.8 Å². The zero-order chi connectivity index (χ0) is 18.2. The number of nitrogens with zero attached hydrogens (tertiary/aromatic N) is 1.